The van der Waals surface area contributed by atoms with Crippen molar-refractivity contribution >= 4 is 28.9 Å². The summed E-state index contributed by atoms with van der Waals surface area (Å²) >= 11 is 0. The number of nitrogens with one attached hydrogen (secondary N) is 1. The number of hydrogen-bond donors (Lipinski definition) is 3. The van der Waals surface area contributed by atoms with E-state index in [1.807, 2.05) is 6.92 Å². The standard InChI is InChI=1S/C14H21N3O4/c1-4-17(6-5-14(20)21-3)12-8-11(16-9(2)18)10(15)7-13(12)19/h7-8,19H,4-6,15H2,1-3H3,(H,16,18). The first-order chi connectivity index (χ1) is 9.88. The zero-order valence-electron chi connectivity index (χ0n) is 12.5. The van der Waals surface area contributed by atoms with Crippen LogP contribution >= 0.6 is 0 Å². The van der Waals surface area contributed by atoms with Crippen molar-refractivity contribution in [1.82, 2.24) is 0 Å². The van der Waals surface area contributed by atoms with Crippen LogP contribution in [-0.2, 0) is 14.3 Å². The van der Waals surface area contributed by atoms with Gasteiger partial charge in [-0.2, -0.15) is 0 Å². The highest BCUT2D eigenvalue weighted by Gasteiger charge is 2.15. The van der Waals surface area contributed by atoms with Crippen molar-refractivity contribution in [3.05, 3.63) is 12.1 Å². The summed E-state index contributed by atoms with van der Waals surface area (Å²) in [4.78, 5) is 24.2. The molecular formula is C14H21N3O4. The van der Waals surface area contributed by atoms with Crippen LogP contribution in [0.2, 0.25) is 0 Å². The van der Waals surface area contributed by atoms with Gasteiger partial charge < -0.3 is 25.8 Å². The van der Waals surface area contributed by atoms with Crippen LogP contribution in [0.3, 0.4) is 0 Å². The first kappa shape index (κ1) is 16.6. The quantitative estimate of drug-likeness (QED) is 0.415. The van der Waals surface area contributed by atoms with Crippen molar-refractivity contribution in [2.24, 2.45) is 0 Å². The van der Waals surface area contributed by atoms with Gasteiger partial charge in [-0.05, 0) is 13.0 Å². The van der Waals surface area contributed by atoms with Crippen LogP contribution in [0, 0.1) is 0 Å². The minimum atomic E-state index is -0.328. The van der Waals surface area contributed by atoms with Crippen LogP contribution in [0.1, 0.15) is 20.3 Å². The summed E-state index contributed by atoms with van der Waals surface area (Å²) in [5.74, 6) is -0.588. The smallest absolute Gasteiger partial charge is 0.307 e. The molecule has 0 saturated heterocycles. The lowest BCUT2D eigenvalue weighted by Gasteiger charge is -2.24. The maximum atomic E-state index is 11.2. The number of nitrogen functional groups attached to an aromatic ring is 1. The lowest BCUT2D eigenvalue weighted by Crippen LogP contribution is -2.26. The van der Waals surface area contributed by atoms with E-state index in [2.05, 4.69) is 10.1 Å². The molecule has 0 atom stereocenters. The maximum Gasteiger partial charge on any atom is 0.307 e. The highest BCUT2D eigenvalue weighted by Crippen LogP contribution is 2.35. The molecule has 1 aromatic carbocycles. The molecule has 1 rings (SSSR count). The van der Waals surface area contributed by atoms with E-state index >= 15 is 0 Å². The number of phenolic OH excluding ortho intramolecular Hbond substituents is 1. The van der Waals surface area contributed by atoms with Gasteiger partial charge in [-0.3, -0.25) is 9.59 Å². The number of esters is 1. The van der Waals surface area contributed by atoms with Crippen LogP contribution in [0.25, 0.3) is 0 Å². The normalized spacial score (nSPS) is 10.0. The topological polar surface area (TPSA) is 105 Å². The molecule has 116 valence electrons. The Balaban J connectivity index is 3.02. The Morgan fingerprint density at radius 3 is 2.62 bits per heavy atom. The summed E-state index contributed by atoms with van der Waals surface area (Å²) in [7, 11) is 1.33. The lowest BCUT2D eigenvalue weighted by atomic mass is 10.2. The van der Waals surface area contributed by atoms with Crippen molar-refractivity contribution in [3.63, 3.8) is 0 Å². The van der Waals surface area contributed by atoms with E-state index in [0.717, 1.165) is 0 Å². The molecule has 7 nitrogen and oxygen atoms in total. The summed E-state index contributed by atoms with van der Waals surface area (Å²) in [6.07, 6.45) is 0.198. The van der Waals surface area contributed by atoms with Gasteiger partial charge in [0.1, 0.15) is 5.75 Å². The number of phenols is 1. The van der Waals surface area contributed by atoms with Crippen LogP contribution < -0.4 is 16.0 Å². The lowest BCUT2D eigenvalue weighted by molar-refractivity contribution is -0.140. The Bertz CT molecular complexity index is 531. The SMILES string of the molecule is CCN(CCC(=O)OC)c1cc(NC(C)=O)c(N)cc1O. The van der Waals surface area contributed by atoms with Crippen molar-refractivity contribution in [3.8, 4) is 5.75 Å². The van der Waals surface area contributed by atoms with Gasteiger partial charge in [0.2, 0.25) is 5.91 Å². The van der Waals surface area contributed by atoms with Gasteiger partial charge >= 0.3 is 5.97 Å². The molecule has 7 heteroatoms. The third kappa shape index (κ3) is 4.55. The minimum absolute atomic E-state index is 0.00619. The number of nitrogens with zero attached hydrogens (tertiary/aromatic N) is 1. The number of rotatable bonds is 6. The van der Waals surface area contributed by atoms with Gasteiger partial charge in [-0.25, -0.2) is 0 Å². The van der Waals surface area contributed by atoms with Gasteiger partial charge in [0.15, 0.2) is 0 Å². The van der Waals surface area contributed by atoms with Gasteiger partial charge in [0, 0.05) is 26.1 Å². The number of carbonyl (C=O) groups is 2. The summed E-state index contributed by atoms with van der Waals surface area (Å²) < 4.78 is 4.60. The fourth-order valence-corrected chi connectivity index (χ4v) is 1.92. The molecule has 0 spiro atoms. The average Bonchev–Trinajstić information content (AvgIpc) is 2.43. The molecule has 0 saturated carbocycles. The number of methoxy groups -OCH3 is 1. The molecule has 1 aromatic rings. The predicted octanol–water partition coefficient (Wildman–Crippen LogP) is 1.32. The molecule has 0 aromatic heterocycles. The van der Waals surface area contributed by atoms with Gasteiger partial charge in [0.25, 0.3) is 0 Å². The van der Waals surface area contributed by atoms with E-state index in [-0.39, 0.29) is 29.7 Å². The second-order valence-electron chi connectivity index (χ2n) is 4.52. The van der Waals surface area contributed by atoms with E-state index < -0.39 is 0 Å². The predicted molar refractivity (Wildman–Crippen MR) is 81.3 cm³/mol. The monoisotopic (exact) mass is 295 g/mol. The molecule has 21 heavy (non-hydrogen) atoms. The molecule has 0 bridgehead atoms. The van der Waals surface area contributed by atoms with Crippen molar-refractivity contribution in [1.29, 1.82) is 0 Å². The number of nitrogens with two attached hydrogens (primary N) is 1. The van der Waals surface area contributed by atoms with Gasteiger partial charge in [0.05, 0.1) is 30.6 Å². The van der Waals surface area contributed by atoms with E-state index in [4.69, 9.17) is 5.73 Å². The average molecular weight is 295 g/mol. The highest BCUT2D eigenvalue weighted by atomic mass is 16.5. The highest BCUT2D eigenvalue weighted by molar-refractivity contribution is 5.94. The molecule has 0 heterocycles. The van der Waals surface area contributed by atoms with E-state index in [9.17, 15) is 14.7 Å². The number of ether oxygens (including phenoxy) is 1. The van der Waals surface area contributed by atoms with Gasteiger partial charge in [-0.1, -0.05) is 0 Å². The van der Waals surface area contributed by atoms with Gasteiger partial charge in [-0.15, -0.1) is 0 Å². The van der Waals surface area contributed by atoms with E-state index in [0.29, 0.717) is 24.5 Å². The number of anilines is 3. The number of carbonyl (C=O) groups excluding carboxylic acids is 2. The van der Waals surface area contributed by atoms with Crippen LogP contribution in [0.4, 0.5) is 17.1 Å². The number of amides is 1. The Morgan fingerprint density at radius 1 is 1.43 bits per heavy atom. The minimum Gasteiger partial charge on any atom is -0.506 e. The van der Waals surface area contributed by atoms with Crippen LogP contribution in [-0.4, -0.2) is 37.2 Å². The molecule has 1 amide bonds. The zero-order chi connectivity index (χ0) is 16.0. The molecular weight excluding hydrogens is 274 g/mol. The summed E-state index contributed by atoms with van der Waals surface area (Å²) in [6, 6.07) is 2.97. The third-order valence-electron chi connectivity index (χ3n) is 2.99. The molecule has 0 aliphatic carbocycles. The number of aromatic hydroxyl groups is 1. The molecule has 0 unspecified atom stereocenters. The molecule has 0 aliphatic heterocycles. The fraction of sp³-hybridized carbons (Fsp3) is 0.429. The number of benzene rings is 1. The zero-order valence-corrected chi connectivity index (χ0v) is 12.5. The number of hydrogen-bond acceptors (Lipinski definition) is 6. The van der Waals surface area contributed by atoms with Crippen LogP contribution in [0.5, 0.6) is 5.75 Å². The Kier molecular flexibility index (Phi) is 5.83. The second kappa shape index (κ2) is 7.37. The summed E-state index contributed by atoms with van der Waals surface area (Å²) in [5.41, 5.74) is 6.95. The summed E-state index contributed by atoms with van der Waals surface area (Å²) in [5, 5.41) is 12.6. The molecule has 0 fully saturated rings. The van der Waals surface area contributed by atoms with E-state index in [1.165, 1.54) is 20.1 Å². The second-order valence-corrected chi connectivity index (χ2v) is 4.52. The maximum absolute atomic E-state index is 11.2. The van der Waals surface area contributed by atoms with Crippen LogP contribution in [0.15, 0.2) is 12.1 Å². The first-order valence-corrected chi connectivity index (χ1v) is 6.60. The third-order valence-corrected chi connectivity index (χ3v) is 2.99. The summed E-state index contributed by atoms with van der Waals surface area (Å²) in [6.45, 7) is 4.24. The molecule has 0 radical (unpaired) electrons. The largest absolute Gasteiger partial charge is 0.506 e. The Labute approximate surface area is 123 Å². The Morgan fingerprint density at radius 2 is 2.10 bits per heavy atom. The van der Waals surface area contributed by atoms with Crippen molar-refractivity contribution < 1.29 is 19.4 Å². The van der Waals surface area contributed by atoms with Crippen molar-refractivity contribution in [2.45, 2.75) is 20.3 Å². The fourth-order valence-electron chi connectivity index (χ4n) is 1.92. The molecule has 4 N–H and O–H groups in total. The Hall–Kier alpha value is -2.44. The van der Waals surface area contributed by atoms with Crippen molar-refractivity contribution in [2.75, 3.05) is 36.1 Å². The van der Waals surface area contributed by atoms with E-state index in [1.54, 1.807) is 11.0 Å². The molecule has 0 aliphatic rings. The first-order valence-electron chi connectivity index (χ1n) is 6.60.